The first-order chi connectivity index (χ1) is 10.1. The number of carbonyl (C=O) groups excluding carboxylic acids is 1. The summed E-state index contributed by atoms with van der Waals surface area (Å²) < 4.78 is 10.0. The lowest BCUT2D eigenvalue weighted by Crippen LogP contribution is -2.29. The Kier molecular flexibility index (Phi) is 7.31. The molecule has 0 unspecified atom stereocenters. The molecular weight excluding hydrogens is 290 g/mol. The molecule has 0 aromatic carbocycles. The van der Waals surface area contributed by atoms with Crippen molar-refractivity contribution in [1.82, 2.24) is 4.90 Å². The molecule has 7 heteroatoms. The van der Waals surface area contributed by atoms with Gasteiger partial charge in [-0.2, -0.15) is 0 Å². The Hall–Kier alpha value is -1.47. The van der Waals surface area contributed by atoms with E-state index in [9.17, 15) is 4.79 Å². The molecule has 0 amide bonds. The van der Waals surface area contributed by atoms with Gasteiger partial charge in [0.15, 0.2) is 5.75 Å². The zero-order chi connectivity index (χ0) is 15.8. The molecule has 0 saturated heterocycles. The monoisotopic (exact) mass is 315 g/mol. The van der Waals surface area contributed by atoms with Gasteiger partial charge in [-0.1, -0.05) is 13.8 Å². The second-order valence-corrected chi connectivity index (χ2v) is 5.58. The molecule has 0 aliphatic carbocycles. The Morgan fingerprint density at radius 3 is 2.57 bits per heavy atom. The van der Waals surface area contributed by atoms with Crippen molar-refractivity contribution in [2.75, 3.05) is 51.4 Å². The van der Waals surface area contributed by atoms with Crippen LogP contribution in [-0.4, -0.2) is 51.3 Å². The van der Waals surface area contributed by atoms with Crippen molar-refractivity contribution in [3.05, 3.63) is 4.88 Å². The van der Waals surface area contributed by atoms with Crippen LogP contribution in [0.1, 0.15) is 29.9 Å². The summed E-state index contributed by atoms with van der Waals surface area (Å²) in [5.41, 5.74) is 6.26. The number of hydrogen-bond acceptors (Lipinski definition) is 7. The van der Waals surface area contributed by atoms with Gasteiger partial charge in [0.1, 0.15) is 15.6 Å². The van der Waals surface area contributed by atoms with E-state index < -0.39 is 5.97 Å². The zero-order valence-corrected chi connectivity index (χ0v) is 14.0. The number of likely N-dealkylation sites (N-methyl/N-ethyl adjacent to an activating group) is 1. The lowest BCUT2D eigenvalue weighted by Gasteiger charge is -2.19. The first-order valence-electron chi connectivity index (χ1n) is 7.09. The molecule has 0 spiro atoms. The molecule has 0 aliphatic rings. The number of ether oxygens (including phenoxy) is 2. The average Bonchev–Trinajstić information content (AvgIpc) is 2.81. The summed E-state index contributed by atoms with van der Waals surface area (Å²) in [6.45, 7) is 8.11. The molecule has 0 fully saturated rings. The highest BCUT2D eigenvalue weighted by Gasteiger charge is 2.22. The summed E-state index contributed by atoms with van der Waals surface area (Å²) in [5, 5.41) is 4.06. The maximum absolute atomic E-state index is 11.6. The number of anilines is 2. The van der Waals surface area contributed by atoms with E-state index >= 15 is 0 Å². The van der Waals surface area contributed by atoms with Crippen LogP contribution >= 0.6 is 11.3 Å². The summed E-state index contributed by atoms with van der Waals surface area (Å²) in [7, 11) is 2.88. The van der Waals surface area contributed by atoms with Crippen molar-refractivity contribution in [2.24, 2.45) is 0 Å². The third kappa shape index (κ3) is 4.50. The number of carbonyl (C=O) groups is 1. The first-order valence-corrected chi connectivity index (χ1v) is 7.91. The lowest BCUT2D eigenvalue weighted by molar-refractivity contribution is 0.0607. The smallest absolute Gasteiger partial charge is 0.350 e. The SMILES string of the molecule is CCCN(CC)CCNc1sc(C(=O)OC)c(N)c1OC. The van der Waals surface area contributed by atoms with E-state index in [4.69, 9.17) is 15.2 Å². The van der Waals surface area contributed by atoms with Crippen molar-refractivity contribution in [3.63, 3.8) is 0 Å². The Morgan fingerprint density at radius 2 is 2.05 bits per heavy atom. The number of nitrogen functional groups attached to an aromatic ring is 1. The summed E-state index contributed by atoms with van der Waals surface area (Å²) in [5.74, 6) is 0.0731. The van der Waals surface area contributed by atoms with E-state index in [-0.39, 0.29) is 0 Å². The Morgan fingerprint density at radius 1 is 1.33 bits per heavy atom. The molecular formula is C14H25N3O3S. The van der Waals surface area contributed by atoms with E-state index in [1.54, 1.807) is 7.11 Å². The van der Waals surface area contributed by atoms with Crippen molar-refractivity contribution < 1.29 is 14.3 Å². The van der Waals surface area contributed by atoms with E-state index in [1.807, 2.05) is 0 Å². The number of methoxy groups -OCH3 is 2. The minimum Gasteiger partial charge on any atom is -0.492 e. The standard InChI is InChI=1S/C14H25N3O3S/c1-5-8-17(6-2)9-7-16-13-11(19-3)10(15)12(21-13)14(18)20-4/h16H,5-9,15H2,1-4H3. The average molecular weight is 315 g/mol. The molecule has 0 radical (unpaired) electrons. The Bertz CT molecular complexity index is 463. The molecule has 0 saturated carbocycles. The third-order valence-corrected chi connectivity index (χ3v) is 4.30. The highest BCUT2D eigenvalue weighted by atomic mass is 32.1. The van der Waals surface area contributed by atoms with Gasteiger partial charge >= 0.3 is 5.97 Å². The van der Waals surface area contributed by atoms with E-state index in [0.29, 0.717) is 16.3 Å². The van der Waals surface area contributed by atoms with Crippen LogP contribution in [-0.2, 0) is 4.74 Å². The lowest BCUT2D eigenvalue weighted by atomic mass is 10.3. The summed E-state index contributed by atoms with van der Waals surface area (Å²) in [6, 6.07) is 0. The third-order valence-electron chi connectivity index (χ3n) is 3.18. The van der Waals surface area contributed by atoms with Gasteiger partial charge in [0.2, 0.25) is 0 Å². The van der Waals surface area contributed by atoms with Crippen LogP contribution in [0.25, 0.3) is 0 Å². The van der Waals surface area contributed by atoms with Crippen LogP contribution in [0.15, 0.2) is 0 Å². The van der Waals surface area contributed by atoms with Gasteiger partial charge in [-0.05, 0) is 19.5 Å². The molecule has 6 nitrogen and oxygen atoms in total. The predicted octanol–water partition coefficient (Wildman–Crippen LogP) is 2.27. The number of nitrogens with zero attached hydrogens (tertiary/aromatic N) is 1. The van der Waals surface area contributed by atoms with E-state index in [2.05, 4.69) is 24.1 Å². The number of nitrogens with one attached hydrogen (secondary N) is 1. The molecule has 1 heterocycles. The molecule has 1 rings (SSSR count). The number of thiophene rings is 1. The molecule has 1 aromatic heterocycles. The summed E-state index contributed by atoms with van der Waals surface area (Å²) >= 11 is 1.26. The van der Waals surface area contributed by atoms with Crippen molar-refractivity contribution in [2.45, 2.75) is 20.3 Å². The molecule has 21 heavy (non-hydrogen) atoms. The minimum absolute atomic E-state index is 0.331. The highest BCUT2D eigenvalue weighted by Crippen LogP contribution is 2.42. The quantitative estimate of drug-likeness (QED) is 0.681. The summed E-state index contributed by atoms with van der Waals surface area (Å²) in [6.07, 6.45) is 1.13. The number of esters is 1. The minimum atomic E-state index is -0.440. The fourth-order valence-corrected chi connectivity index (χ4v) is 3.10. The molecule has 0 bridgehead atoms. The van der Waals surface area contributed by atoms with Crippen molar-refractivity contribution >= 4 is 28.0 Å². The predicted molar refractivity (Wildman–Crippen MR) is 87.5 cm³/mol. The van der Waals surface area contributed by atoms with Crippen LogP contribution in [0.3, 0.4) is 0 Å². The van der Waals surface area contributed by atoms with Crippen LogP contribution in [0, 0.1) is 0 Å². The van der Waals surface area contributed by atoms with E-state index in [0.717, 1.165) is 37.6 Å². The van der Waals surface area contributed by atoms with Gasteiger partial charge in [0.05, 0.1) is 14.2 Å². The first kappa shape index (κ1) is 17.6. The number of rotatable bonds is 9. The Labute approximate surface area is 130 Å². The summed E-state index contributed by atoms with van der Waals surface area (Å²) in [4.78, 5) is 14.4. The Balaban J connectivity index is 2.72. The van der Waals surface area contributed by atoms with Gasteiger partial charge in [-0.3, -0.25) is 0 Å². The van der Waals surface area contributed by atoms with Gasteiger partial charge in [-0.15, -0.1) is 11.3 Å². The number of nitrogens with two attached hydrogens (primary N) is 1. The van der Waals surface area contributed by atoms with Crippen LogP contribution in [0.4, 0.5) is 10.7 Å². The topological polar surface area (TPSA) is 76.8 Å². The van der Waals surface area contributed by atoms with E-state index in [1.165, 1.54) is 18.4 Å². The molecule has 0 atom stereocenters. The molecule has 0 aliphatic heterocycles. The second-order valence-electron chi connectivity index (χ2n) is 4.56. The highest BCUT2D eigenvalue weighted by molar-refractivity contribution is 7.19. The molecule has 3 N–H and O–H groups in total. The van der Waals surface area contributed by atoms with Gasteiger partial charge in [0.25, 0.3) is 0 Å². The van der Waals surface area contributed by atoms with Crippen molar-refractivity contribution in [3.8, 4) is 5.75 Å². The maximum atomic E-state index is 11.6. The largest absolute Gasteiger partial charge is 0.492 e. The fraction of sp³-hybridized carbons (Fsp3) is 0.643. The second kappa shape index (κ2) is 8.74. The fourth-order valence-electron chi connectivity index (χ4n) is 2.06. The maximum Gasteiger partial charge on any atom is 0.350 e. The van der Waals surface area contributed by atoms with Crippen molar-refractivity contribution in [1.29, 1.82) is 0 Å². The molecule has 1 aromatic rings. The number of hydrogen-bond donors (Lipinski definition) is 2. The van der Waals surface area contributed by atoms with Crippen LogP contribution in [0.2, 0.25) is 0 Å². The van der Waals surface area contributed by atoms with Crippen LogP contribution in [0.5, 0.6) is 5.75 Å². The van der Waals surface area contributed by atoms with Gasteiger partial charge in [0, 0.05) is 13.1 Å². The molecule has 120 valence electrons. The van der Waals surface area contributed by atoms with Crippen LogP contribution < -0.4 is 15.8 Å². The van der Waals surface area contributed by atoms with Gasteiger partial charge in [-0.25, -0.2) is 4.79 Å². The zero-order valence-electron chi connectivity index (χ0n) is 13.2. The van der Waals surface area contributed by atoms with Gasteiger partial charge < -0.3 is 25.4 Å². The normalized spacial score (nSPS) is 10.7.